The van der Waals surface area contributed by atoms with E-state index in [4.69, 9.17) is 10.5 Å². The molecule has 138 valence electrons. The molecule has 0 aromatic heterocycles. The Morgan fingerprint density at radius 1 is 0.960 bits per heavy atom. The van der Waals surface area contributed by atoms with E-state index in [9.17, 15) is 4.79 Å². The van der Waals surface area contributed by atoms with Crippen LogP contribution in [0.4, 0.5) is 0 Å². The minimum atomic E-state index is -0.367. The van der Waals surface area contributed by atoms with Crippen molar-refractivity contribution in [2.24, 2.45) is 5.73 Å². The van der Waals surface area contributed by atoms with Crippen LogP contribution >= 0.6 is 0 Å². The highest BCUT2D eigenvalue weighted by Gasteiger charge is 1.98. The Kier molecular flexibility index (Phi) is 13.0. The highest BCUT2D eigenvalue weighted by molar-refractivity contribution is 5.71. The minimum absolute atomic E-state index is 0.0694. The quantitative estimate of drug-likeness (QED) is 0.337. The van der Waals surface area contributed by atoms with Crippen LogP contribution in [0.2, 0.25) is 0 Å². The maximum atomic E-state index is 11.0. The smallest absolute Gasteiger partial charge is 0.320 e. The van der Waals surface area contributed by atoms with Crippen LogP contribution in [0.1, 0.15) is 47.5 Å². The lowest BCUT2D eigenvalue weighted by Gasteiger charge is -2.03. The average molecular weight is 344 g/mol. The standard InChI is InChI=1S/C22H33NO2/c1-6-18(2)10-7-11-19(3)12-8-13-20(4)14-9-15-21(5)17-25-22(24)16-23/h6-8,10-13,15H,9,14,16-17,23H2,1-5H3/b10-7+,12-8+,18-6+,19-11+,20-13+,21-15+. The molecule has 0 aromatic carbocycles. The van der Waals surface area contributed by atoms with Crippen molar-refractivity contribution in [3.05, 3.63) is 70.9 Å². The van der Waals surface area contributed by atoms with Gasteiger partial charge in [-0.3, -0.25) is 4.79 Å². The Labute approximate surface area is 153 Å². The van der Waals surface area contributed by atoms with E-state index in [1.165, 1.54) is 16.7 Å². The molecular weight excluding hydrogens is 310 g/mol. The average Bonchev–Trinajstić information content (AvgIpc) is 2.59. The summed E-state index contributed by atoms with van der Waals surface area (Å²) in [4.78, 5) is 11.0. The predicted molar refractivity (Wildman–Crippen MR) is 108 cm³/mol. The van der Waals surface area contributed by atoms with Crippen LogP contribution in [-0.4, -0.2) is 19.1 Å². The van der Waals surface area contributed by atoms with Crippen molar-refractivity contribution >= 4 is 5.97 Å². The monoisotopic (exact) mass is 343 g/mol. The van der Waals surface area contributed by atoms with Crippen molar-refractivity contribution in [2.45, 2.75) is 47.5 Å². The highest BCUT2D eigenvalue weighted by Crippen LogP contribution is 2.08. The third-order valence-corrected chi connectivity index (χ3v) is 3.57. The first kappa shape index (κ1) is 22.9. The molecule has 0 fully saturated rings. The molecule has 0 heterocycles. The van der Waals surface area contributed by atoms with Crippen molar-refractivity contribution in [1.29, 1.82) is 0 Å². The zero-order valence-electron chi connectivity index (χ0n) is 16.3. The molecule has 0 aliphatic rings. The Hall–Kier alpha value is -2.13. The van der Waals surface area contributed by atoms with Gasteiger partial charge < -0.3 is 10.5 Å². The van der Waals surface area contributed by atoms with Crippen LogP contribution in [0.15, 0.2) is 70.9 Å². The van der Waals surface area contributed by atoms with Crippen molar-refractivity contribution < 1.29 is 9.53 Å². The van der Waals surface area contributed by atoms with Gasteiger partial charge >= 0.3 is 5.97 Å². The SMILES string of the molecule is C/C=C(C)/C=C/C=C(C)/C=C/C=C(\C)CC/C=C(\C)COC(=O)CN. The summed E-state index contributed by atoms with van der Waals surface area (Å²) in [5, 5.41) is 0. The molecule has 0 aromatic rings. The van der Waals surface area contributed by atoms with Crippen LogP contribution < -0.4 is 5.73 Å². The zero-order chi connectivity index (χ0) is 19.1. The van der Waals surface area contributed by atoms with Crippen LogP contribution in [0.25, 0.3) is 0 Å². The Morgan fingerprint density at radius 3 is 2.24 bits per heavy atom. The summed E-state index contributed by atoms with van der Waals surface area (Å²) in [7, 11) is 0. The van der Waals surface area contributed by atoms with E-state index >= 15 is 0 Å². The maximum absolute atomic E-state index is 11.0. The van der Waals surface area contributed by atoms with Gasteiger partial charge in [-0.2, -0.15) is 0 Å². The summed E-state index contributed by atoms with van der Waals surface area (Å²) in [5.41, 5.74) is 10.0. The summed E-state index contributed by atoms with van der Waals surface area (Å²) >= 11 is 0. The van der Waals surface area contributed by atoms with E-state index in [2.05, 4.69) is 69.4 Å². The number of esters is 1. The predicted octanol–water partition coefficient (Wildman–Crippen LogP) is 5.19. The highest BCUT2D eigenvalue weighted by atomic mass is 16.5. The molecule has 0 atom stereocenters. The number of carbonyl (C=O) groups is 1. The summed E-state index contributed by atoms with van der Waals surface area (Å²) in [6.45, 7) is 10.5. The number of nitrogens with two attached hydrogens (primary N) is 1. The summed E-state index contributed by atoms with van der Waals surface area (Å²) in [6.07, 6.45) is 18.7. The van der Waals surface area contributed by atoms with Gasteiger partial charge in [-0.15, -0.1) is 0 Å². The number of carbonyl (C=O) groups excluding carboxylic acids is 1. The molecule has 25 heavy (non-hydrogen) atoms. The summed E-state index contributed by atoms with van der Waals surface area (Å²) in [6, 6.07) is 0. The molecule has 0 saturated heterocycles. The zero-order valence-corrected chi connectivity index (χ0v) is 16.3. The molecular formula is C22H33NO2. The normalized spacial score (nSPS) is 14.6. The molecule has 0 rings (SSSR count). The lowest BCUT2D eigenvalue weighted by molar-refractivity contribution is -0.140. The Balaban J connectivity index is 4.30. The molecule has 0 saturated carbocycles. The van der Waals surface area contributed by atoms with Gasteiger partial charge in [-0.25, -0.2) is 0 Å². The van der Waals surface area contributed by atoms with Crippen molar-refractivity contribution in [1.82, 2.24) is 0 Å². The van der Waals surface area contributed by atoms with Gasteiger partial charge in [0.15, 0.2) is 0 Å². The fourth-order valence-corrected chi connectivity index (χ4v) is 1.81. The summed E-state index contributed by atoms with van der Waals surface area (Å²) < 4.78 is 4.98. The molecule has 0 amide bonds. The van der Waals surface area contributed by atoms with Crippen LogP contribution in [0.5, 0.6) is 0 Å². The van der Waals surface area contributed by atoms with E-state index < -0.39 is 0 Å². The van der Waals surface area contributed by atoms with Gasteiger partial charge in [0.2, 0.25) is 0 Å². The van der Waals surface area contributed by atoms with Gasteiger partial charge in [0.25, 0.3) is 0 Å². The fourth-order valence-electron chi connectivity index (χ4n) is 1.81. The van der Waals surface area contributed by atoms with E-state index in [1.807, 2.05) is 13.8 Å². The molecule has 2 N–H and O–H groups in total. The molecule has 0 bridgehead atoms. The number of ether oxygens (including phenoxy) is 1. The van der Waals surface area contributed by atoms with E-state index in [1.54, 1.807) is 0 Å². The second-order valence-corrected chi connectivity index (χ2v) is 6.13. The van der Waals surface area contributed by atoms with E-state index in [0.29, 0.717) is 6.61 Å². The fraction of sp³-hybridized carbons (Fsp3) is 0.409. The Morgan fingerprint density at radius 2 is 1.60 bits per heavy atom. The first-order chi connectivity index (χ1) is 11.9. The van der Waals surface area contributed by atoms with Crippen molar-refractivity contribution in [2.75, 3.05) is 13.2 Å². The van der Waals surface area contributed by atoms with Crippen LogP contribution in [-0.2, 0) is 9.53 Å². The van der Waals surface area contributed by atoms with E-state index in [-0.39, 0.29) is 12.5 Å². The van der Waals surface area contributed by atoms with Crippen molar-refractivity contribution in [3.63, 3.8) is 0 Å². The van der Waals surface area contributed by atoms with Crippen LogP contribution in [0, 0.1) is 0 Å². The molecule has 0 unspecified atom stereocenters. The third-order valence-electron chi connectivity index (χ3n) is 3.57. The van der Waals surface area contributed by atoms with Gasteiger partial charge in [-0.1, -0.05) is 65.3 Å². The second-order valence-electron chi connectivity index (χ2n) is 6.13. The summed E-state index contributed by atoms with van der Waals surface area (Å²) in [5.74, 6) is -0.367. The molecule has 3 heteroatoms. The Bertz CT molecular complexity index is 587. The number of allylic oxidation sites excluding steroid dienone is 11. The minimum Gasteiger partial charge on any atom is -0.460 e. The molecule has 0 aliphatic carbocycles. The first-order valence-corrected chi connectivity index (χ1v) is 8.72. The van der Waals surface area contributed by atoms with Gasteiger partial charge in [0.1, 0.15) is 6.61 Å². The van der Waals surface area contributed by atoms with Crippen LogP contribution in [0.3, 0.4) is 0 Å². The molecule has 0 radical (unpaired) electrons. The molecule has 0 aliphatic heterocycles. The van der Waals surface area contributed by atoms with E-state index in [0.717, 1.165) is 18.4 Å². The van der Waals surface area contributed by atoms with Crippen molar-refractivity contribution in [3.8, 4) is 0 Å². The largest absolute Gasteiger partial charge is 0.460 e. The second kappa shape index (κ2) is 14.2. The lowest BCUT2D eigenvalue weighted by Crippen LogP contribution is -2.17. The first-order valence-electron chi connectivity index (χ1n) is 8.72. The number of rotatable bonds is 10. The lowest BCUT2D eigenvalue weighted by atomic mass is 10.1. The number of hydrogen-bond donors (Lipinski definition) is 1. The topological polar surface area (TPSA) is 52.3 Å². The van der Waals surface area contributed by atoms with Gasteiger partial charge in [-0.05, 0) is 53.0 Å². The maximum Gasteiger partial charge on any atom is 0.320 e. The third kappa shape index (κ3) is 14.0. The van der Waals surface area contributed by atoms with Gasteiger partial charge in [0, 0.05) is 0 Å². The molecule has 0 spiro atoms. The van der Waals surface area contributed by atoms with Gasteiger partial charge in [0.05, 0.1) is 6.54 Å². The molecule has 3 nitrogen and oxygen atoms in total. The number of hydrogen-bond acceptors (Lipinski definition) is 3.